The highest BCUT2D eigenvalue weighted by Gasteiger charge is 2.45. The Balaban J connectivity index is 2.21. The van der Waals surface area contributed by atoms with Crippen LogP contribution in [-0.2, 0) is 19.1 Å². The second kappa shape index (κ2) is 6.40. The molecule has 0 aromatic heterocycles. The van der Waals surface area contributed by atoms with Crippen LogP contribution in [0.4, 0.5) is 0 Å². The predicted octanol–water partition coefficient (Wildman–Crippen LogP) is -1.46. The van der Waals surface area contributed by atoms with Gasteiger partial charge in [-0.3, -0.25) is 14.4 Å². The summed E-state index contributed by atoms with van der Waals surface area (Å²) < 4.78 is 5.28. The standard InChI is InChI=1S/C13H21N3O5/c14-8-13(1-5-21-6-2-13)12(20)16-4-3-15-11(19)9(16)7-10(17)18/h9H,1-8,14H2,(H,15,19)(H,17,18). The van der Waals surface area contributed by atoms with Gasteiger partial charge < -0.3 is 25.8 Å². The van der Waals surface area contributed by atoms with Gasteiger partial charge in [0.1, 0.15) is 6.04 Å². The Kier molecular flexibility index (Phi) is 4.79. The number of aliphatic carboxylic acids is 1. The minimum Gasteiger partial charge on any atom is -0.481 e. The van der Waals surface area contributed by atoms with Gasteiger partial charge in [0.25, 0.3) is 0 Å². The Labute approximate surface area is 122 Å². The van der Waals surface area contributed by atoms with Crippen LogP contribution in [0.2, 0.25) is 0 Å². The number of hydrogen-bond acceptors (Lipinski definition) is 5. The average molecular weight is 299 g/mol. The number of carboxylic acids is 1. The molecule has 1 unspecified atom stereocenters. The van der Waals surface area contributed by atoms with Gasteiger partial charge in [-0.2, -0.15) is 0 Å². The molecule has 0 aliphatic carbocycles. The van der Waals surface area contributed by atoms with Crippen molar-refractivity contribution < 1.29 is 24.2 Å². The summed E-state index contributed by atoms with van der Waals surface area (Å²) in [5.41, 5.74) is 5.06. The van der Waals surface area contributed by atoms with Crippen molar-refractivity contribution in [3.05, 3.63) is 0 Å². The van der Waals surface area contributed by atoms with E-state index in [1.807, 2.05) is 0 Å². The molecule has 2 fully saturated rings. The van der Waals surface area contributed by atoms with Crippen LogP contribution < -0.4 is 11.1 Å². The van der Waals surface area contributed by atoms with Crippen LogP contribution in [0, 0.1) is 5.41 Å². The van der Waals surface area contributed by atoms with Gasteiger partial charge in [-0.25, -0.2) is 0 Å². The SMILES string of the molecule is NCC1(C(=O)N2CCNC(=O)C2CC(=O)O)CCOCC1. The fraction of sp³-hybridized carbons (Fsp3) is 0.769. The number of piperazine rings is 1. The monoisotopic (exact) mass is 299 g/mol. The molecule has 0 spiro atoms. The molecule has 2 aliphatic rings. The van der Waals surface area contributed by atoms with Gasteiger partial charge >= 0.3 is 5.97 Å². The molecule has 2 rings (SSSR count). The number of nitrogens with one attached hydrogen (secondary N) is 1. The van der Waals surface area contributed by atoms with E-state index in [1.165, 1.54) is 4.90 Å². The molecule has 4 N–H and O–H groups in total. The van der Waals surface area contributed by atoms with E-state index < -0.39 is 29.8 Å². The number of rotatable bonds is 4. The largest absolute Gasteiger partial charge is 0.481 e. The lowest BCUT2D eigenvalue weighted by atomic mass is 9.78. The number of hydrogen-bond donors (Lipinski definition) is 3. The van der Waals surface area contributed by atoms with Crippen LogP contribution in [0.15, 0.2) is 0 Å². The first kappa shape index (κ1) is 15.7. The maximum absolute atomic E-state index is 12.9. The summed E-state index contributed by atoms with van der Waals surface area (Å²) in [6.45, 7) is 1.72. The van der Waals surface area contributed by atoms with E-state index >= 15 is 0 Å². The summed E-state index contributed by atoms with van der Waals surface area (Å²) in [4.78, 5) is 37.1. The second-order valence-electron chi connectivity index (χ2n) is 5.50. The van der Waals surface area contributed by atoms with E-state index in [9.17, 15) is 14.4 Å². The molecular formula is C13H21N3O5. The zero-order valence-electron chi connectivity index (χ0n) is 11.8. The van der Waals surface area contributed by atoms with Crippen LogP contribution in [0.3, 0.4) is 0 Å². The van der Waals surface area contributed by atoms with Gasteiger partial charge in [-0.1, -0.05) is 0 Å². The number of nitrogens with two attached hydrogens (primary N) is 1. The van der Waals surface area contributed by atoms with Crippen molar-refractivity contribution in [2.45, 2.75) is 25.3 Å². The van der Waals surface area contributed by atoms with Crippen LogP contribution >= 0.6 is 0 Å². The molecule has 1 atom stereocenters. The third kappa shape index (κ3) is 3.16. The fourth-order valence-electron chi connectivity index (χ4n) is 2.90. The molecule has 2 heterocycles. The lowest BCUT2D eigenvalue weighted by Crippen LogP contribution is -2.62. The highest BCUT2D eigenvalue weighted by molar-refractivity contribution is 5.93. The summed E-state index contributed by atoms with van der Waals surface area (Å²) in [7, 11) is 0. The fourth-order valence-corrected chi connectivity index (χ4v) is 2.90. The summed E-state index contributed by atoms with van der Waals surface area (Å²) >= 11 is 0. The lowest BCUT2D eigenvalue weighted by molar-refractivity contribution is -0.157. The van der Waals surface area contributed by atoms with Crippen LogP contribution in [0.25, 0.3) is 0 Å². The Morgan fingerprint density at radius 2 is 2.10 bits per heavy atom. The number of amides is 2. The van der Waals surface area contributed by atoms with E-state index in [4.69, 9.17) is 15.6 Å². The summed E-state index contributed by atoms with van der Waals surface area (Å²) in [6, 6.07) is -0.963. The van der Waals surface area contributed by atoms with Crippen molar-refractivity contribution in [2.24, 2.45) is 11.1 Å². The summed E-state index contributed by atoms with van der Waals surface area (Å²) in [6.07, 6.45) is 0.606. The van der Waals surface area contributed by atoms with Gasteiger partial charge in [0, 0.05) is 32.8 Å². The minimum atomic E-state index is -1.11. The van der Waals surface area contributed by atoms with Gasteiger partial charge in [0.15, 0.2) is 0 Å². The zero-order valence-corrected chi connectivity index (χ0v) is 11.8. The van der Waals surface area contributed by atoms with E-state index in [2.05, 4.69) is 5.32 Å². The maximum Gasteiger partial charge on any atom is 0.305 e. The normalized spacial score (nSPS) is 25.3. The number of carbonyl (C=O) groups is 3. The van der Waals surface area contributed by atoms with Gasteiger partial charge in [-0.15, -0.1) is 0 Å². The molecule has 8 heteroatoms. The topological polar surface area (TPSA) is 122 Å². The van der Waals surface area contributed by atoms with E-state index in [0.29, 0.717) is 39.1 Å². The Morgan fingerprint density at radius 1 is 1.43 bits per heavy atom. The second-order valence-corrected chi connectivity index (χ2v) is 5.50. The molecule has 2 amide bonds. The Bertz CT molecular complexity index is 434. The molecule has 0 radical (unpaired) electrons. The molecule has 2 aliphatic heterocycles. The van der Waals surface area contributed by atoms with Crippen LogP contribution in [0.5, 0.6) is 0 Å². The first-order valence-electron chi connectivity index (χ1n) is 7.08. The molecule has 2 saturated heterocycles. The Morgan fingerprint density at radius 3 is 2.67 bits per heavy atom. The zero-order chi connectivity index (χ0) is 15.5. The molecule has 0 saturated carbocycles. The summed E-state index contributed by atoms with van der Waals surface area (Å²) in [5, 5.41) is 11.6. The summed E-state index contributed by atoms with van der Waals surface area (Å²) in [5.74, 6) is -1.76. The van der Waals surface area contributed by atoms with Gasteiger partial charge in [0.05, 0.1) is 11.8 Å². The number of nitrogens with zero attached hydrogens (tertiary/aromatic N) is 1. The number of carboxylic acid groups (broad SMARTS) is 1. The quantitative estimate of drug-likeness (QED) is 0.583. The first-order valence-corrected chi connectivity index (χ1v) is 7.08. The Hall–Kier alpha value is -1.67. The van der Waals surface area contributed by atoms with Crippen LogP contribution in [-0.4, -0.2) is 66.7 Å². The van der Waals surface area contributed by atoms with Crippen molar-refractivity contribution in [1.82, 2.24) is 10.2 Å². The van der Waals surface area contributed by atoms with Crippen molar-refractivity contribution >= 4 is 17.8 Å². The molecule has 0 aromatic carbocycles. The molecule has 0 bridgehead atoms. The first-order chi connectivity index (χ1) is 10.00. The van der Waals surface area contributed by atoms with Crippen molar-refractivity contribution in [3.8, 4) is 0 Å². The average Bonchev–Trinajstić information content (AvgIpc) is 2.49. The highest BCUT2D eigenvalue weighted by atomic mass is 16.5. The number of carbonyl (C=O) groups excluding carboxylic acids is 2. The van der Waals surface area contributed by atoms with E-state index in [1.54, 1.807) is 0 Å². The predicted molar refractivity (Wildman–Crippen MR) is 72.3 cm³/mol. The van der Waals surface area contributed by atoms with Crippen LogP contribution in [0.1, 0.15) is 19.3 Å². The van der Waals surface area contributed by atoms with Gasteiger partial charge in [0.2, 0.25) is 11.8 Å². The molecule has 8 nitrogen and oxygen atoms in total. The van der Waals surface area contributed by atoms with Gasteiger partial charge in [-0.05, 0) is 12.8 Å². The minimum absolute atomic E-state index is 0.174. The third-order valence-electron chi connectivity index (χ3n) is 4.25. The number of ether oxygens (including phenoxy) is 1. The molecular weight excluding hydrogens is 278 g/mol. The molecule has 21 heavy (non-hydrogen) atoms. The van der Waals surface area contributed by atoms with E-state index in [-0.39, 0.29) is 12.5 Å². The van der Waals surface area contributed by atoms with Crippen molar-refractivity contribution in [3.63, 3.8) is 0 Å². The van der Waals surface area contributed by atoms with Crippen molar-refractivity contribution in [2.75, 3.05) is 32.8 Å². The molecule has 0 aromatic rings. The molecule has 118 valence electrons. The highest BCUT2D eigenvalue weighted by Crippen LogP contribution is 2.33. The smallest absolute Gasteiger partial charge is 0.305 e. The lowest BCUT2D eigenvalue weighted by Gasteiger charge is -2.43. The third-order valence-corrected chi connectivity index (χ3v) is 4.25. The maximum atomic E-state index is 12.9. The van der Waals surface area contributed by atoms with E-state index in [0.717, 1.165) is 0 Å². The van der Waals surface area contributed by atoms with Crippen molar-refractivity contribution in [1.29, 1.82) is 0 Å².